The fourth-order valence-electron chi connectivity index (χ4n) is 2.47. The van der Waals surface area contributed by atoms with Crippen LogP contribution in [0.2, 0.25) is 0 Å². The number of unbranched alkanes of at least 4 members (excludes halogenated alkanes) is 2. The highest BCUT2D eigenvalue weighted by Crippen LogP contribution is 2.11. The van der Waals surface area contributed by atoms with Crippen LogP contribution in [0.15, 0.2) is 29.2 Å². The third kappa shape index (κ3) is 3.72. The topological polar surface area (TPSA) is 64.0 Å². The van der Waals surface area contributed by atoms with Gasteiger partial charge in [-0.15, -0.1) is 0 Å². The summed E-state index contributed by atoms with van der Waals surface area (Å²) in [5.74, 6) is -0.142. The second kappa shape index (κ2) is 7.73. The molecule has 0 aromatic carbocycles. The van der Waals surface area contributed by atoms with E-state index in [-0.39, 0.29) is 11.5 Å². The summed E-state index contributed by atoms with van der Waals surface area (Å²) < 4.78 is 1.30. The lowest BCUT2D eigenvalue weighted by Crippen LogP contribution is -2.35. The van der Waals surface area contributed by atoms with Gasteiger partial charge in [0.1, 0.15) is 0 Å². The molecule has 22 heavy (non-hydrogen) atoms. The second-order valence-corrected chi connectivity index (χ2v) is 5.47. The van der Waals surface area contributed by atoms with Crippen LogP contribution in [0.4, 0.5) is 0 Å². The van der Waals surface area contributed by atoms with E-state index < -0.39 is 0 Å². The van der Waals surface area contributed by atoms with Gasteiger partial charge in [0.2, 0.25) is 5.91 Å². The van der Waals surface area contributed by atoms with Crippen molar-refractivity contribution in [1.29, 1.82) is 0 Å². The number of amides is 1. The van der Waals surface area contributed by atoms with Crippen LogP contribution in [0, 0.1) is 0 Å². The monoisotopic (exact) mass is 301 g/mol. The van der Waals surface area contributed by atoms with Crippen LogP contribution < -0.4 is 11.0 Å². The lowest BCUT2D eigenvalue weighted by molar-refractivity contribution is -0.117. The Hall–Kier alpha value is -2.17. The molecule has 118 valence electrons. The highest BCUT2D eigenvalue weighted by atomic mass is 16.2. The first-order valence-electron chi connectivity index (χ1n) is 7.96. The standard InChI is InChI=1S/C17H23N3O2/c1-3-5-6-10-15(21)19-20-16-13(9-7-11-18-16)12-14(8-4-2)17(20)22/h7,9,11-12H,3-6,8,10H2,1-2H3,(H,19,21). The first-order valence-corrected chi connectivity index (χ1v) is 7.96. The van der Waals surface area contributed by atoms with E-state index in [1.165, 1.54) is 4.68 Å². The van der Waals surface area contributed by atoms with Crippen LogP contribution in [0.25, 0.3) is 11.0 Å². The molecule has 0 unspecified atom stereocenters. The summed E-state index contributed by atoms with van der Waals surface area (Å²) in [5.41, 5.74) is 3.73. The molecular formula is C17H23N3O2. The van der Waals surface area contributed by atoms with Crippen molar-refractivity contribution < 1.29 is 4.79 Å². The molecule has 0 spiro atoms. The van der Waals surface area contributed by atoms with Gasteiger partial charge in [0.15, 0.2) is 5.65 Å². The summed E-state index contributed by atoms with van der Waals surface area (Å²) in [5, 5.41) is 0.861. The van der Waals surface area contributed by atoms with Crippen molar-refractivity contribution in [3.63, 3.8) is 0 Å². The van der Waals surface area contributed by atoms with E-state index in [1.54, 1.807) is 6.20 Å². The Morgan fingerprint density at radius 3 is 2.82 bits per heavy atom. The molecule has 0 saturated heterocycles. The molecule has 0 aliphatic rings. The minimum atomic E-state index is -0.183. The Bertz CT molecular complexity index is 707. The number of aryl methyl sites for hydroxylation is 1. The number of carbonyl (C=O) groups excluding carboxylic acids is 1. The molecule has 1 amide bonds. The Labute approximate surface area is 130 Å². The number of hydrogen-bond donors (Lipinski definition) is 1. The van der Waals surface area contributed by atoms with Crippen molar-refractivity contribution >= 4 is 16.9 Å². The molecule has 5 heteroatoms. The molecule has 2 rings (SSSR count). The summed E-state index contributed by atoms with van der Waals surface area (Å²) in [6.07, 6.45) is 6.52. The third-order valence-corrected chi connectivity index (χ3v) is 3.60. The summed E-state index contributed by atoms with van der Waals surface area (Å²) in [6, 6.07) is 5.60. The molecule has 0 bridgehead atoms. The Morgan fingerprint density at radius 2 is 2.09 bits per heavy atom. The maximum atomic E-state index is 12.5. The Balaban J connectivity index is 2.35. The quantitative estimate of drug-likeness (QED) is 0.800. The zero-order valence-electron chi connectivity index (χ0n) is 13.3. The SMILES string of the molecule is CCCCCC(=O)Nn1c(=O)c(CCC)cc2cccnc21. The largest absolute Gasteiger partial charge is 0.274 e. The van der Waals surface area contributed by atoms with Crippen LogP contribution in [0.3, 0.4) is 0 Å². The first-order chi connectivity index (χ1) is 10.7. The van der Waals surface area contributed by atoms with Gasteiger partial charge in [0.05, 0.1) is 0 Å². The molecule has 5 nitrogen and oxygen atoms in total. The van der Waals surface area contributed by atoms with Crippen molar-refractivity contribution in [2.45, 2.75) is 52.4 Å². The summed E-state index contributed by atoms with van der Waals surface area (Å²) >= 11 is 0. The molecule has 0 aliphatic heterocycles. The summed E-state index contributed by atoms with van der Waals surface area (Å²) in [7, 11) is 0. The van der Waals surface area contributed by atoms with Gasteiger partial charge in [-0.05, 0) is 31.0 Å². The molecular weight excluding hydrogens is 278 g/mol. The number of rotatable bonds is 7. The normalized spacial score (nSPS) is 10.8. The van der Waals surface area contributed by atoms with E-state index >= 15 is 0 Å². The van der Waals surface area contributed by atoms with Crippen LogP contribution in [-0.2, 0) is 11.2 Å². The predicted molar refractivity (Wildman–Crippen MR) is 88.5 cm³/mol. The van der Waals surface area contributed by atoms with E-state index in [1.807, 2.05) is 25.1 Å². The number of aromatic nitrogens is 2. The van der Waals surface area contributed by atoms with E-state index in [0.717, 1.165) is 31.1 Å². The molecule has 0 aliphatic carbocycles. The van der Waals surface area contributed by atoms with Crippen molar-refractivity contribution in [2.24, 2.45) is 0 Å². The van der Waals surface area contributed by atoms with Gasteiger partial charge in [-0.25, -0.2) is 4.98 Å². The van der Waals surface area contributed by atoms with Gasteiger partial charge in [0, 0.05) is 23.6 Å². The maximum Gasteiger partial charge on any atom is 0.274 e. The minimum absolute atomic E-state index is 0.142. The number of nitrogens with one attached hydrogen (secondary N) is 1. The van der Waals surface area contributed by atoms with E-state index in [2.05, 4.69) is 17.3 Å². The highest BCUT2D eigenvalue weighted by molar-refractivity contribution is 5.86. The molecule has 2 heterocycles. The molecule has 2 aromatic heterocycles. The lowest BCUT2D eigenvalue weighted by Gasteiger charge is -2.12. The van der Waals surface area contributed by atoms with Gasteiger partial charge in [-0.1, -0.05) is 33.1 Å². The number of hydrogen-bond acceptors (Lipinski definition) is 3. The van der Waals surface area contributed by atoms with Gasteiger partial charge >= 0.3 is 0 Å². The number of carbonyl (C=O) groups is 1. The van der Waals surface area contributed by atoms with Crippen LogP contribution >= 0.6 is 0 Å². The van der Waals surface area contributed by atoms with E-state index in [0.29, 0.717) is 24.1 Å². The number of pyridine rings is 2. The van der Waals surface area contributed by atoms with Crippen molar-refractivity contribution in [2.75, 3.05) is 5.43 Å². The zero-order chi connectivity index (χ0) is 15.9. The molecule has 0 radical (unpaired) electrons. The van der Waals surface area contributed by atoms with E-state index in [9.17, 15) is 9.59 Å². The average molecular weight is 301 g/mol. The van der Waals surface area contributed by atoms with Crippen LogP contribution in [0.1, 0.15) is 51.5 Å². The van der Waals surface area contributed by atoms with Crippen molar-refractivity contribution in [3.05, 3.63) is 40.3 Å². The van der Waals surface area contributed by atoms with Crippen LogP contribution in [0.5, 0.6) is 0 Å². The summed E-state index contributed by atoms with van der Waals surface area (Å²) in [4.78, 5) is 28.8. The lowest BCUT2D eigenvalue weighted by atomic mass is 10.1. The van der Waals surface area contributed by atoms with Gasteiger partial charge in [-0.3, -0.25) is 15.0 Å². The fraction of sp³-hybridized carbons (Fsp3) is 0.471. The molecule has 1 N–H and O–H groups in total. The fourth-order valence-corrected chi connectivity index (χ4v) is 2.47. The molecule has 0 atom stereocenters. The second-order valence-electron chi connectivity index (χ2n) is 5.47. The van der Waals surface area contributed by atoms with Crippen molar-refractivity contribution in [1.82, 2.24) is 9.66 Å². The number of fused-ring (bicyclic) bond motifs is 1. The Morgan fingerprint density at radius 1 is 1.27 bits per heavy atom. The molecule has 2 aromatic rings. The van der Waals surface area contributed by atoms with Crippen LogP contribution in [-0.4, -0.2) is 15.6 Å². The zero-order valence-corrected chi connectivity index (χ0v) is 13.3. The summed E-state index contributed by atoms with van der Waals surface area (Å²) in [6.45, 7) is 4.12. The smallest absolute Gasteiger partial charge is 0.273 e. The Kier molecular flexibility index (Phi) is 5.69. The average Bonchev–Trinajstić information content (AvgIpc) is 2.52. The van der Waals surface area contributed by atoms with Gasteiger partial charge in [-0.2, -0.15) is 4.68 Å². The van der Waals surface area contributed by atoms with Gasteiger partial charge < -0.3 is 0 Å². The van der Waals surface area contributed by atoms with E-state index in [4.69, 9.17) is 0 Å². The van der Waals surface area contributed by atoms with Gasteiger partial charge in [0.25, 0.3) is 5.56 Å². The van der Waals surface area contributed by atoms with Crippen molar-refractivity contribution in [3.8, 4) is 0 Å². The predicted octanol–water partition coefficient (Wildman–Crippen LogP) is 3.00. The minimum Gasteiger partial charge on any atom is -0.273 e. The molecule has 0 saturated carbocycles. The maximum absolute atomic E-state index is 12.5. The third-order valence-electron chi connectivity index (χ3n) is 3.60. The number of nitrogens with zero attached hydrogens (tertiary/aromatic N) is 2. The highest BCUT2D eigenvalue weighted by Gasteiger charge is 2.12. The first kappa shape index (κ1) is 16.2. The molecule has 0 fully saturated rings.